The minimum atomic E-state index is -0.442. The average molecular weight is 490 g/mol. The highest BCUT2D eigenvalue weighted by atomic mass is 16.5. The van der Waals surface area contributed by atoms with Crippen LogP contribution in [0.15, 0.2) is 79.0 Å². The van der Waals surface area contributed by atoms with Gasteiger partial charge >= 0.3 is 5.97 Å². The summed E-state index contributed by atoms with van der Waals surface area (Å²) in [4.78, 5) is 17.0. The Morgan fingerprint density at radius 2 is 1.68 bits per heavy atom. The van der Waals surface area contributed by atoms with Gasteiger partial charge in [0.15, 0.2) is 0 Å². The van der Waals surface area contributed by atoms with Gasteiger partial charge in [-0.05, 0) is 64.8 Å². The number of phenols is 1. The molecule has 186 valence electrons. The summed E-state index contributed by atoms with van der Waals surface area (Å²) < 4.78 is 5.97. The molecule has 1 saturated carbocycles. The molecule has 37 heavy (non-hydrogen) atoms. The Bertz CT molecular complexity index is 1450. The Labute approximate surface area is 218 Å². The number of ether oxygens (including phenoxy) is 1. The van der Waals surface area contributed by atoms with Gasteiger partial charge in [-0.25, -0.2) is 0 Å². The molecule has 0 spiro atoms. The summed E-state index contributed by atoms with van der Waals surface area (Å²) in [5.74, 6) is 0.352. The Morgan fingerprint density at radius 1 is 0.892 bits per heavy atom. The lowest BCUT2D eigenvalue weighted by atomic mass is 9.74. The fourth-order valence-electron chi connectivity index (χ4n) is 6.28. The van der Waals surface area contributed by atoms with Crippen molar-refractivity contribution in [1.29, 1.82) is 0 Å². The van der Waals surface area contributed by atoms with E-state index < -0.39 is 6.10 Å². The van der Waals surface area contributed by atoms with Crippen LogP contribution < -0.4 is 0 Å². The van der Waals surface area contributed by atoms with Crippen LogP contribution in [-0.4, -0.2) is 16.1 Å². The zero-order valence-electron chi connectivity index (χ0n) is 21.1. The highest BCUT2D eigenvalue weighted by molar-refractivity contribution is 5.86. The fraction of sp³-hybridized carbons (Fsp3) is 0.273. The number of phenolic OH excluding ortho intramolecular Hbond substituents is 1. The Hall–Kier alpha value is -3.92. The number of hydrogen-bond acceptors (Lipinski definition) is 4. The van der Waals surface area contributed by atoms with Gasteiger partial charge in [0.2, 0.25) is 0 Å². The monoisotopic (exact) mass is 489 g/mol. The van der Waals surface area contributed by atoms with E-state index in [1.165, 1.54) is 31.7 Å². The maximum atomic E-state index is 12.3. The van der Waals surface area contributed by atoms with Crippen molar-refractivity contribution >= 4 is 5.97 Å². The quantitative estimate of drug-likeness (QED) is 0.295. The first-order chi connectivity index (χ1) is 18.1. The largest absolute Gasteiger partial charge is 0.507 e. The highest BCUT2D eigenvalue weighted by Gasteiger charge is 2.35. The van der Waals surface area contributed by atoms with Gasteiger partial charge in [0.1, 0.15) is 11.9 Å². The maximum absolute atomic E-state index is 12.3. The average Bonchev–Trinajstić information content (AvgIpc) is 2.93. The molecular formula is C33H31NO3. The zero-order valence-corrected chi connectivity index (χ0v) is 21.1. The number of pyridine rings is 1. The lowest BCUT2D eigenvalue weighted by Gasteiger charge is -2.34. The van der Waals surface area contributed by atoms with Gasteiger partial charge in [-0.2, -0.15) is 0 Å². The van der Waals surface area contributed by atoms with Crippen molar-refractivity contribution in [3.63, 3.8) is 0 Å². The van der Waals surface area contributed by atoms with E-state index in [2.05, 4.69) is 36.4 Å². The molecule has 2 aliphatic carbocycles. The van der Waals surface area contributed by atoms with Crippen LogP contribution in [-0.2, 0) is 16.0 Å². The number of nitrogens with zero attached hydrogens (tertiary/aromatic N) is 1. The Balaban J connectivity index is 1.52. The second-order valence-corrected chi connectivity index (χ2v) is 10.2. The normalized spacial score (nSPS) is 17.1. The van der Waals surface area contributed by atoms with Gasteiger partial charge in [0, 0.05) is 36.2 Å². The zero-order chi connectivity index (χ0) is 25.4. The molecule has 0 amide bonds. The molecule has 4 nitrogen and oxygen atoms in total. The second-order valence-electron chi connectivity index (χ2n) is 10.2. The van der Waals surface area contributed by atoms with Crippen LogP contribution in [0.3, 0.4) is 0 Å². The lowest BCUT2D eigenvalue weighted by molar-refractivity contribution is -0.146. The van der Waals surface area contributed by atoms with Crippen molar-refractivity contribution in [2.24, 2.45) is 0 Å². The Morgan fingerprint density at radius 3 is 2.46 bits per heavy atom. The number of aromatic hydroxyl groups is 1. The van der Waals surface area contributed by atoms with Crippen LogP contribution in [0, 0.1) is 0 Å². The third-order valence-electron chi connectivity index (χ3n) is 7.91. The third-order valence-corrected chi connectivity index (χ3v) is 7.91. The van der Waals surface area contributed by atoms with Crippen LogP contribution in [0.25, 0.3) is 33.5 Å². The molecule has 0 aliphatic heterocycles. The van der Waals surface area contributed by atoms with Gasteiger partial charge in [0.25, 0.3) is 0 Å². The number of carbonyl (C=O) groups excluding carboxylic acids is 1. The van der Waals surface area contributed by atoms with E-state index in [0.29, 0.717) is 12.3 Å². The molecule has 1 aromatic heterocycles. The van der Waals surface area contributed by atoms with Crippen LogP contribution in [0.4, 0.5) is 0 Å². The first-order valence-corrected chi connectivity index (χ1v) is 13.3. The molecule has 4 aromatic rings. The number of aromatic nitrogens is 1. The molecule has 2 aliphatic rings. The van der Waals surface area contributed by atoms with E-state index in [-0.39, 0.29) is 11.7 Å². The molecular weight excluding hydrogens is 458 g/mol. The van der Waals surface area contributed by atoms with Crippen LogP contribution in [0.2, 0.25) is 0 Å². The second kappa shape index (κ2) is 9.85. The first-order valence-electron chi connectivity index (χ1n) is 13.3. The summed E-state index contributed by atoms with van der Waals surface area (Å²) in [6.07, 6.45) is 7.91. The van der Waals surface area contributed by atoms with Crippen LogP contribution in [0.5, 0.6) is 5.75 Å². The van der Waals surface area contributed by atoms with E-state index in [4.69, 9.17) is 9.72 Å². The minimum absolute atomic E-state index is 0.232. The molecule has 1 unspecified atom stereocenters. The van der Waals surface area contributed by atoms with E-state index in [1.807, 2.05) is 42.6 Å². The third kappa shape index (κ3) is 4.42. The molecule has 1 N–H and O–H groups in total. The van der Waals surface area contributed by atoms with Crippen molar-refractivity contribution < 1.29 is 14.6 Å². The topological polar surface area (TPSA) is 59.4 Å². The SMILES string of the molecule is CC(=O)OC1Cc2c(-c3cc(-c4ccccc4)ccn3)cccc2-c2c(O)ccc(C3CCCCC3)c21. The first kappa shape index (κ1) is 23.5. The van der Waals surface area contributed by atoms with Crippen molar-refractivity contribution in [3.8, 4) is 39.3 Å². The van der Waals surface area contributed by atoms with Crippen LogP contribution >= 0.6 is 0 Å². The molecule has 6 rings (SSSR count). The molecule has 3 aromatic carbocycles. The van der Waals surface area contributed by atoms with Crippen molar-refractivity contribution in [2.75, 3.05) is 0 Å². The van der Waals surface area contributed by atoms with Gasteiger partial charge in [-0.3, -0.25) is 9.78 Å². The van der Waals surface area contributed by atoms with E-state index in [9.17, 15) is 9.90 Å². The lowest BCUT2D eigenvalue weighted by Crippen LogP contribution is -2.21. The summed E-state index contributed by atoms with van der Waals surface area (Å²) in [5.41, 5.74) is 9.15. The van der Waals surface area contributed by atoms with E-state index in [1.54, 1.807) is 0 Å². The van der Waals surface area contributed by atoms with E-state index in [0.717, 1.165) is 57.5 Å². The van der Waals surface area contributed by atoms with E-state index >= 15 is 0 Å². The molecule has 1 fully saturated rings. The fourth-order valence-corrected chi connectivity index (χ4v) is 6.28. The number of carbonyl (C=O) groups is 1. The summed E-state index contributed by atoms with van der Waals surface area (Å²) in [5, 5.41) is 11.2. The molecule has 0 bridgehead atoms. The number of hydrogen-bond donors (Lipinski definition) is 1. The van der Waals surface area contributed by atoms with Crippen molar-refractivity contribution in [1.82, 2.24) is 4.98 Å². The standard InChI is InChI=1S/C33H31NO3/c1-21(35)37-31-20-28-26(29-19-24(17-18-34-29)22-9-4-2-5-10-22)13-8-14-27(28)32-30(36)16-15-25(33(31)32)23-11-6-3-7-12-23/h2,4-5,8-10,13-19,23,31,36H,3,6-7,11-12,20H2,1H3. The maximum Gasteiger partial charge on any atom is 0.303 e. The van der Waals surface area contributed by atoms with Gasteiger partial charge < -0.3 is 9.84 Å². The minimum Gasteiger partial charge on any atom is -0.507 e. The van der Waals surface area contributed by atoms with Crippen LogP contribution in [0.1, 0.15) is 67.7 Å². The number of rotatable bonds is 4. The summed E-state index contributed by atoms with van der Waals surface area (Å²) in [6.45, 7) is 1.47. The molecule has 1 atom stereocenters. The molecule has 0 saturated heterocycles. The Kier molecular flexibility index (Phi) is 6.25. The summed E-state index contributed by atoms with van der Waals surface area (Å²) >= 11 is 0. The predicted molar refractivity (Wildman–Crippen MR) is 146 cm³/mol. The molecule has 0 radical (unpaired) electrons. The van der Waals surface area contributed by atoms with Gasteiger partial charge in [-0.15, -0.1) is 0 Å². The van der Waals surface area contributed by atoms with Gasteiger partial charge in [-0.1, -0.05) is 73.9 Å². The predicted octanol–water partition coefficient (Wildman–Crippen LogP) is 8.00. The number of esters is 1. The molecule has 4 heteroatoms. The summed E-state index contributed by atoms with van der Waals surface area (Å²) in [7, 11) is 0. The van der Waals surface area contributed by atoms with Gasteiger partial charge in [0.05, 0.1) is 5.69 Å². The van der Waals surface area contributed by atoms with Crippen molar-refractivity contribution in [2.45, 2.75) is 57.5 Å². The van der Waals surface area contributed by atoms with Crippen molar-refractivity contribution in [3.05, 3.63) is 95.7 Å². The summed E-state index contributed by atoms with van der Waals surface area (Å²) in [6, 6.07) is 24.5. The number of benzene rings is 3. The highest BCUT2D eigenvalue weighted by Crippen LogP contribution is 2.51. The number of fused-ring (bicyclic) bond motifs is 3. The molecule has 1 heterocycles. The smallest absolute Gasteiger partial charge is 0.303 e.